The first-order valence-electron chi connectivity index (χ1n) is 11.3. The SMILES string of the molecule is COC(=N)c1cc(Nc2ccnc(Cc3ccc(NC(=O)Nc4ccc(Cl)c(C(F)(F)F)c4)cc3C)n2)n[nH]1. The van der Waals surface area contributed by atoms with E-state index in [0.29, 0.717) is 35.3 Å². The highest BCUT2D eigenvalue weighted by atomic mass is 35.5. The van der Waals surface area contributed by atoms with Gasteiger partial charge in [-0.25, -0.2) is 14.8 Å². The van der Waals surface area contributed by atoms with Crippen LogP contribution in [0.1, 0.15) is 28.2 Å². The van der Waals surface area contributed by atoms with Gasteiger partial charge >= 0.3 is 12.2 Å². The van der Waals surface area contributed by atoms with Gasteiger partial charge in [0.1, 0.15) is 17.3 Å². The third-order valence-electron chi connectivity index (χ3n) is 5.47. The zero-order valence-corrected chi connectivity index (χ0v) is 21.3. The number of carbonyl (C=O) groups excluding carboxylic acids is 1. The van der Waals surface area contributed by atoms with Gasteiger partial charge in [0.05, 0.1) is 17.7 Å². The number of anilines is 4. The van der Waals surface area contributed by atoms with Crippen molar-refractivity contribution < 1.29 is 22.7 Å². The molecule has 0 aliphatic rings. The first-order valence-corrected chi connectivity index (χ1v) is 11.7. The molecule has 0 aliphatic carbocycles. The number of amides is 2. The van der Waals surface area contributed by atoms with Crippen molar-refractivity contribution >= 4 is 46.5 Å². The fourth-order valence-corrected chi connectivity index (χ4v) is 3.78. The Bertz CT molecular complexity index is 1520. The molecule has 0 atom stereocenters. The predicted molar refractivity (Wildman–Crippen MR) is 141 cm³/mol. The van der Waals surface area contributed by atoms with Crippen LogP contribution in [0.4, 0.5) is 41.0 Å². The number of halogens is 4. The average Bonchev–Trinajstić information content (AvgIpc) is 3.34. The molecular formula is C25H22ClF3N8O2. The lowest BCUT2D eigenvalue weighted by Gasteiger charge is -2.13. The van der Waals surface area contributed by atoms with Crippen molar-refractivity contribution in [1.29, 1.82) is 5.41 Å². The molecule has 0 saturated heterocycles. The smallest absolute Gasteiger partial charge is 0.417 e. The third kappa shape index (κ3) is 7.02. The van der Waals surface area contributed by atoms with E-state index in [9.17, 15) is 18.0 Å². The quantitative estimate of drug-likeness (QED) is 0.136. The number of rotatable bonds is 7. The Morgan fingerprint density at radius 3 is 2.49 bits per heavy atom. The van der Waals surface area contributed by atoms with Gasteiger partial charge in [-0.05, 0) is 54.4 Å². The number of aryl methyl sites for hydroxylation is 1. The van der Waals surface area contributed by atoms with E-state index in [-0.39, 0.29) is 11.6 Å². The highest BCUT2D eigenvalue weighted by Gasteiger charge is 2.33. The van der Waals surface area contributed by atoms with E-state index in [1.54, 1.807) is 36.5 Å². The summed E-state index contributed by atoms with van der Waals surface area (Å²) in [5, 5.41) is 22.0. The van der Waals surface area contributed by atoms with Crippen LogP contribution in [-0.2, 0) is 17.3 Å². The second-order valence-corrected chi connectivity index (χ2v) is 8.68. The minimum Gasteiger partial charge on any atom is -0.480 e. The third-order valence-corrected chi connectivity index (χ3v) is 5.80. The fraction of sp³-hybridized carbons (Fsp3) is 0.160. The van der Waals surface area contributed by atoms with E-state index in [0.717, 1.165) is 23.3 Å². The summed E-state index contributed by atoms with van der Waals surface area (Å²) < 4.78 is 44.1. The highest BCUT2D eigenvalue weighted by Crippen LogP contribution is 2.36. The highest BCUT2D eigenvalue weighted by molar-refractivity contribution is 6.31. The number of nitrogens with one attached hydrogen (secondary N) is 5. The van der Waals surface area contributed by atoms with Crippen molar-refractivity contribution in [2.45, 2.75) is 19.5 Å². The van der Waals surface area contributed by atoms with Gasteiger partial charge in [0.25, 0.3) is 0 Å². The number of carbonyl (C=O) groups is 1. The number of aromatic nitrogens is 4. The first-order chi connectivity index (χ1) is 18.5. The zero-order chi connectivity index (χ0) is 28.2. The lowest BCUT2D eigenvalue weighted by Crippen LogP contribution is -2.20. The summed E-state index contributed by atoms with van der Waals surface area (Å²) in [7, 11) is 1.39. The Labute approximate surface area is 225 Å². The minimum atomic E-state index is -4.64. The molecule has 39 heavy (non-hydrogen) atoms. The van der Waals surface area contributed by atoms with Gasteiger partial charge in [-0.2, -0.15) is 18.3 Å². The van der Waals surface area contributed by atoms with E-state index in [1.807, 2.05) is 6.92 Å². The molecule has 0 fully saturated rings. The van der Waals surface area contributed by atoms with E-state index in [1.165, 1.54) is 13.2 Å². The summed E-state index contributed by atoms with van der Waals surface area (Å²) >= 11 is 5.62. The summed E-state index contributed by atoms with van der Waals surface area (Å²) in [4.78, 5) is 21.2. The molecule has 0 radical (unpaired) electrons. The van der Waals surface area contributed by atoms with Crippen LogP contribution in [0, 0.1) is 12.3 Å². The molecule has 10 nitrogen and oxygen atoms in total. The largest absolute Gasteiger partial charge is 0.480 e. The van der Waals surface area contributed by atoms with Crippen molar-refractivity contribution in [3.05, 3.63) is 88.0 Å². The van der Waals surface area contributed by atoms with Crippen LogP contribution in [0.2, 0.25) is 5.02 Å². The van der Waals surface area contributed by atoms with Crippen LogP contribution < -0.4 is 16.0 Å². The fourth-order valence-electron chi connectivity index (χ4n) is 3.55. The zero-order valence-electron chi connectivity index (χ0n) is 20.6. The molecular weight excluding hydrogens is 537 g/mol. The molecule has 2 amide bonds. The van der Waals surface area contributed by atoms with Crippen LogP contribution >= 0.6 is 11.6 Å². The molecule has 2 aromatic heterocycles. The van der Waals surface area contributed by atoms with E-state index in [4.69, 9.17) is 21.7 Å². The van der Waals surface area contributed by atoms with Gasteiger partial charge in [-0.3, -0.25) is 10.5 Å². The number of benzene rings is 2. The molecule has 2 heterocycles. The predicted octanol–water partition coefficient (Wildman–Crippen LogP) is 6.13. The number of alkyl halides is 3. The van der Waals surface area contributed by atoms with E-state index < -0.39 is 22.8 Å². The number of aromatic amines is 1. The van der Waals surface area contributed by atoms with Crippen molar-refractivity contribution in [2.75, 3.05) is 23.1 Å². The molecule has 202 valence electrons. The van der Waals surface area contributed by atoms with Crippen molar-refractivity contribution in [2.24, 2.45) is 0 Å². The standard InChI is InChI=1S/C25H22ClF3N8O2/c1-13-9-15(32-24(38)33-16-5-6-18(26)17(11-16)25(27,28)29)4-3-14(13)10-21-31-8-7-20(34-21)35-22-12-19(36-37-22)23(30)39-2/h3-9,11-12,30H,10H2,1-2H3,(H2,32,33,38)(H2,31,34,35,36,37). The summed E-state index contributed by atoms with van der Waals surface area (Å²) in [5.74, 6) is 1.44. The van der Waals surface area contributed by atoms with Gasteiger partial charge in [-0.1, -0.05) is 17.7 Å². The van der Waals surface area contributed by atoms with Crippen LogP contribution in [0.3, 0.4) is 0 Å². The lowest BCUT2D eigenvalue weighted by molar-refractivity contribution is -0.137. The lowest BCUT2D eigenvalue weighted by atomic mass is 10.0. The Hall–Kier alpha value is -4.65. The van der Waals surface area contributed by atoms with Crippen LogP contribution in [0.25, 0.3) is 0 Å². The summed E-state index contributed by atoms with van der Waals surface area (Å²) in [6.07, 6.45) is -2.64. The normalized spacial score (nSPS) is 11.1. The average molecular weight is 559 g/mol. The maximum Gasteiger partial charge on any atom is 0.417 e. The number of nitrogens with zero attached hydrogens (tertiary/aromatic N) is 3. The topological polar surface area (TPSA) is 141 Å². The van der Waals surface area contributed by atoms with Crippen molar-refractivity contribution in [3.8, 4) is 0 Å². The van der Waals surface area contributed by atoms with Crippen LogP contribution in [-0.4, -0.2) is 39.2 Å². The van der Waals surface area contributed by atoms with Crippen molar-refractivity contribution in [3.63, 3.8) is 0 Å². The second-order valence-electron chi connectivity index (χ2n) is 8.27. The molecule has 5 N–H and O–H groups in total. The van der Waals surface area contributed by atoms with Crippen LogP contribution in [0.15, 0.2) is 54.7 Å². The molecule has 2 aromatic carbocycles. The number of methoxy groups -OCH3 is 1. The van der Waals surface area contributed by atoms with Gasteiger partial charge in [0, 0.05) is 30.1 Å². The molecule has 0 bridgehead atoms. The summed E-state index contributed by atoms with van der Waals surface area (Å²) in [6, 6.07) is 10.9. The van der Waals surface area contributed by atoms with Gasteiger partial charge in [0.15, 0.2) is 5.82 Å². The van der Waals surface area contributed by atoms with Crippen molar-refractivity contribution in [1.82, 2.24) is 20.2 Å². The number of urea groups is 1. The molecule has 0 saturated carbocycles. The minimum absolute atomic E-state index is 0.0498. The first kappa shape index (κ1) is 27.4. The van der Waals surface area contributed by atoms with Gasteiger partial charge < -0.3 is 20.7 Å². The Morgan fingerprint density at radius 2 is 1.79 bits per heavy atom. The maximum atomic E-state index is 13.1. The molecule has 0 aliphatic heterocycles. The number of hydrogen-bond donors (Lipinski definition) is 5. The van der Waals surface area contributed by atoms with E-state index >= 15 is 0 Å². The van der Waals surface area contributed by atoms with Gasteiger partial charge in [-0.15, -0.1) is 0 Å². The second kappa shape index (κ2) is 11.4. The molecule has 4 rings (SSSR count). The summed E-state index contributed by atoms with van der Waals surface area (Å²) in [6.45, 7) is 1.85. The number of hydrogen-bond acceptors (Lipinski definition) is 7. The van der Waals surface area contributed by atoms with Crippen LogP contribution in [0.5, 0.6) is 0 Å². The van der Waals surface area contributed by atoms with E-state index in [2.05, 4.69) is 36.1 Å². The maximum absolute atomic E-state index is 13.1. The molecule has 0 spiro atoms. The Balaban J connectivity index is 1.39. The molecule has 0 unspecified atom stereocenters. The number of H-pyrrole nitrogens is 1. The Kier molecular flexibility index (Phi) is 8.00. The summed E-state index contributed by atoms with van der Waals surface area (Å²) in [5.41, 5.74) is 1.52. The molecule has 4 aromatic rings. The monoisotopic (exact) mass is 558 g/mol. The number of ether oxygens (including phenoxy) is 1. The Morgan fingerprint density at radius 1 is 1.08 bits per heavy atom. The van der Waals surface area contributed by atoms with Gasteiger partial charge in [0.2, 0.25) is 5.90 Å². The molecule has 14 heteroatoms.